The van der Waals surface area contributed by atoms with Gasteiger partial charge in [0.1, 0.15) is 24.4 Å². The minimum atomic E-state index is -0.737. The van der Waals surface area contributed by atoms with Gasteiger partial charge in [0.25, 0.3) is 0 Å². The van der Waals surface area contributed by atoms with Crippen LogP contribution in [0.2, 0.25) is 5.02 Å². The third-order valence-corrected chi connectivity index (χ3v) is 7.93. The molecule has 0 saturated carbocycles. The molecule has 4 aromatic rings. The number of hydrogen-bond donors (Lipinski definition) is 0. The first-order valence-electron chi connectivity index (χ1n) is 13.9. The fraction of sp³-hybridized carbons (Fsp3) is 0.314. The Morgan fingerprint density at radius 1 is 0.744 bits per heavy atom. The molecule has 0 N–H and O–H groups in total. The van der Waals surface area contributed by atoms with Crippen molar-refractivity contribution in [3.63, 3.8) is 0 Å². The standard InChI is InChI=1S/C35H32BrClO6/c1-38-35-34(42-23-28-14-8-9-15-30(28)36)33(41-22-26-12-6-3-7-13-26)32(40-21-25-10-4-2-5-11-25)31(43-35)24-39-20-27-16-18-29(37)19-17-27/h2-7,10-16,18,31-35H,20-24H2,1H3/t31?,32-,33+,34?,35-/m1/s1. The lowest BCUT2D eigenvalue weighted by atomic mass is 9.97. The summed E-state index contributed by atoms with van der Waals surface area (Å²) in [6.07, 6.45) is -2.96. The molecule has 8 heteroatoms. The van der Waals surface area contributed by atoms with Crippen molar-refractivity contribution in [2.75, 3.05) is 13.7 Å². The van der Waals surface area contributed by atoms with Gasteiger partial charge in [0.2, 0.25) is 0 Å². The average molecular weight is 664 g/mol. The average Bonchev–Trinajstić information content (AvgIpc) is 3.04. The van der Waals surface area contributed by atoms with Crippen molar-refractivity contribution >= 4 is 27.5 Å². The zero-order chi connectivity index (χ0) is 29.9. The van der Waals surface area contributed by atoms with Crippen LogP contribution in [0.25, 0.3) is 0 Å². The van der Waals surface area contributed by atoms with Crippen molar-refractivity contribution in [2.45, 2.75) is 57.1 Å². The lowest BCUT2D eigenvalue weighted by molar-refractivity contribution is -0.323. The molecule has 43 heavy (non-hydrogen) atoms. The first-order valence-corrected chi connectivity index (χ1v) is 15.1. The SMILES string of the molecule is CO[C@@H]1OC(COCc2c#cc(Cl)cc2)[C@@H](OCc2ccccc2)[C@H](OCc2ccccc2)C1OCc1cc#ccc1Br. The van der Waals surface area contributed by atoms with E-state index in [1.54, 1.807) is 13.2 Å². The first kappa shape index (κ1) is 31.5. The van der Waals surface area contributed by atoms with Crippen LogP contribution in [0, 0.1) is 24.3 Å². The van der Waals surface area contributed by atoms with E-state index in [9.17, 15) is 0 Å². The highest BCUT2D eigenvalue weighted by atomic mass is 79.9. The molecule has 0 radical (unpaired) electrons. The molecule has 222 valence electrons. The molecule has 0 spiro atoms. The Kier molecular flexibility index (Phi) is 11.9. The zero-order valence-corrected chi connectivity index (χ0v) is 26.1. The summed E-state index contributed by atoms with van der Waals surface area (Å²) >= 11 is 9.55. The number of hydrogen-bond acceptors (Lipinski definition) is 6. The molecule has 1 aliphatic heterocycles. The van der Waals surface area contributed by atoms with Crippen molar-refractivity contribution in [1.82, 2.24) is 0 Å². The van der Waals surface area contributed by atoms with Gasteiger partial charge in [0.05, 0.1) is 38.1 Å². The highest BCUT2D eigenvalue weighted by Crippen LogP contribution is 2.31. The molecule has 1 fully saturated rings. The number of methoxy groups -OCH3 is 1. The van der Waals surface area contributed by atoms with Crippen LogP contribution in [0.15, 0.2) is 89.4 Å². The van der Waals surface area contributed by atoms with Gasteiger partial charge in [-0.15, -0.1) is 0 Å². The van der Waals surface area contributed by atoms with Crippen LogP contribution in [-0.2, 0) is 54.8 Å². The number of ether oxygens (including phenoxy) is 6. The minimum Gasteiger partial charge on any atom is -0.373 e. The molecule has 1 aliphatic rings. The maximum atomic E-state index is 6.62. The van der Waals surface area contributed by atoms with Gasteiger partial charge >= 0.3 is 0 Å². The van der Waals surface area contributed by atoms with E-state index in [-0.39, 0.29) is 13.2 Å². The van der Waals surface area contributed by atoms with Crippen LogP contribution in [0.4, 0.5) is 0 Å². The van der Waals surface area contributed by atoms with E-state index in [1.807, 2.05) is 78.9 Å². The molecule has 2 unspecified atom stereocenters. The van der Waals surface area contributed by atoms with Gasteiger partial charge in [-0.3, -0.25) is 0 Å². The van der Waals surface area contributed by atoms with Crippen LogP contribution >= 0.6 is 27.5 Å². The van der Waals surface area contributed by atoms with Gasteiger partial charge in [0.15, 0.2) is 6.29 Å². The van der Waals surface area contributed by atoms with Gasteiger partial charge in [-0.25, -0.2) is 0 Å². The topological polar surface area (TPSA) is 55.4 Å². The van der Waals surface area contributed by atoms with Crippen molar-refractivity contribution in [1.29, 1.82) is 0 Å². The molecule has 5 rings (SSSR count). The summed E-state index contributed by atoms with van der Waals surface area (Å²) in [4.78, 5) is 0. The van der Waals surface area contributed by atoms with E-state index in [0.29, 0.717) is 24.8 Å². The summed E-state index contributed by atoms with van der Waals surface area (Å²) in [6.45, 7) is 1.52. The molecule has 1 heterocycles. The maximum absolute atomic E-state index is 6.62. The molecule has 5 atom stereocenters. The minimum absolute atomic E-state index is 0.225. The second kappa shape index (κ2) is 16.2. The maximum Gasteiger partial charge on any atom is 0.186 e. The number of rotatable bonds is 14. The second-order valence-electron chi connectivity index (χ2n) is 10.00. The van der Waals surface area contributed by atoms with Gasteiger partial charge in [-0.05, 0) is 51.3 Å². The largest absolute Gasteiger partial charge is 0.373 e. The van der Waals surface area contributed by atoms with Crippen LogP contribution in [0.5, 0.6) is 0 Å². The van der Waals surface area contributed by atoms with Crippen LogP contribution in [0.3, 0.4) is 0 Å². The van der Waals surface area contributed by atoms with Gasteiger partial charge < -0.3 is 28.4 Å². The van der Waals surface area contributed by atoms with Gasteiger partial charge in [-0.1, -0.05) is 90.5 Å². The predicted molar refractivity (Wildman–Crippen MR) is 165 cm³/mol. The molecule has 4 aromatic carbocycles. The van der Waals surface area contributed by atoms with Crippen molar-refractivity contribution in [3.8, 4) is 0 Å². The van der Waals surface area contributed by atoms with E-state index < -0.39 is 30.7 Å². The summed E-state index contributed by atoms with van der Waals surface area (Å²) in [5.74, 6) is 0. The molecule has 6 nitrogen and oxygen atoms in total. The Labute approximate surface area is 266 Å². The van der Waals surface area contributed by atoms with E-state index in [1.165, 1.54) is 0 Å². The summed E-state index contributed by atoms with van der Waals surface area (Å²) < 4.78 is 39.0. The third-order valence-electron chi connectivity index (χ3n) is 6.97. The highest BCUT2D eigenvalue weighted by Gasteiger charge is 2.48. The van der Waals surface area contributed by atoms with E-state index in [4.69, 9.17) is 40.0 Å². The van der Waals surface area contributed by atoms with E-state index >= 15 is 0 Å². The van der Waals surface area contributed by atoms with E-state index in [0.717, 1.165) is 26.7 Å². The fourth-order valence-electron chi connectivity index (χ4n) is 4.76. The van der Waals surface area contributed by atoms with Crippen molar-refractivity contribution in [2.24, 2.45) is 0 Å². The smallest absolute Gasteiger partial charge is 0.186 e. The zero-order valence-electron chi connectivity index (χ0n) is 23.7. The van der Waals surface area contributed by atoms with Gasteiger partial charge in [0, 0.05) is 28.8 Å². The third kappa shape index (κ3) is 9.03. The molecular formula is C35H32BrClO6. The lowest BCUT2D eigenvalue weighted by Crippen LogP contribution is -2.61. The molecule has 0 aromatic heterocycles. The Bertz CT molecular complexity index is 1370. The quantitative estimate of drug-likeness (QED) is 0.146. The van der Waals surface area contributed by atoms with Crippen molar-refractivity contribution < 1.29 is 28.4 Å². The Hall–Kier alpha value is -2.95. The Morgan fingerprint density at radius 2 is 1.40 bits per heavy atom. The van der Waals surface area contributed by atoms with Crippen LogP contribution in [0.1, 0.15) is 22.3 Å². The number of benzene rings is 2. The second-order valence-corrected chi connectivity index (χ2v) is 11.3. The molecule has 0 aliphatic carbocycles. The molecular weight excluding hydrogens is 632 g/mol. The summed E-state index contributed by atoms with van der Waals surface area (Å²) in [7, 11) is 1.60. The highest BCUT2D eigenvalue weighted by molar-refractivity contribution is 9.10. The van der Waals surface area contributed by atoms with Crippen LogP contribution < -0.4 is 0 Å². The summed E-state index contributed by atoms with van der Waals surface area (Å²) in [6, 6.07) is 39.1. The monoisotopic (exact) mass is 662 g/mol. The van der Waals surface area contributed by atoms with E-state index in [2.05, 4.69) is 40.2 Å². The Morgan fingerprint density at radius 3 is 2.02 bits per heavy atom. The number of halogens is 2. The first-order chi connectivity index (χ1) is 21.1. The predicted octanol–water partition coefficient (Wildman–Crippen LogP) is 6.95. The van der Waals surface area contributed by atoms with Crippen molar-refractivity contribution in [3.05, 3.63) is 141 Å². The fourth-order valence-corrected chi connectivity index (χ4v) is 5.21. The molecule has 0 bridgehead atoms. The molecule has 1 saturated heterocycles. The van der Waals surface area contributed by atoms with Gasteiger partial charge in [-0.2, -0.15) is 0 Å². The lowest BCUT2D eigenvalue weighted by Gasteiger charge is -2.45. The molecule has 0 amide bonds. The summed E-state index contributed by atoms with van der Waals surface area (Å²) in [5.41, 5.74) is 3.80. The summed E-state index contributed by atoms with van der Waals surface area (Å²) in [5, 5.41) is 0.500. The Balaban J connectivity index is 1.39. The van der Waals surface area contributed by atoms with Crippen LogP contribution in [-0.4, -0.2) is 44.4 Å². The normalized spacial score (nSPS) is 21.6.